The lowest BCUT2D eigenvalue weighted by molar-refractivity contribution is -0.167. The minimum atomic E-state index is -0.776. The summed E-state index contributed by atoms with van der Waals surface area (Å²) in [5.41, 5.74) is 0. The van der Waals surface area contributed by atoms with Gasteiger partial charge < -0.3 is 14.2 Å². The summed E-state index contributed by atoms with van der Waals surface area (Å²) in [7, 11) is 0. The maximum Gasteiger partial charge on any atom is 0.306 e. The molecule has 0 aromatic heterocycles. The zero-order valence-corrected chi connectivity index (χ0v) is 49.1. The van der Waals surface area contributed by atoms with Crippen molar-refractivity contribution in [1.82, 2.24) is 0 Å². The lowest BCUT2D eigenvalue weighted by Crippen LogP contribution is -2.30. The molecule has 428 valence electrons. The van der Waals surface area contributed by atoms with E-state index in [1.165, 1.54) is 173 Å². The van der Waals surface area contributed by atoms with Crippen LogP contribution in [0.5, 0.6) is 0 Å². The van der Waals surface area contributed by atoms with E-state index >= 15 is 0 Å². The Bertz CT molecular complexity index is 1370. The summed E-state index contributed by atoms with van der Waals surface area (Å²) in [6, 6.07) is 0. The molecule has 0 aromatic carbocycles. The van der Waals surface area contributed by atoms with Gasteiger partial charge in [-0.2, -0.15) is 0 Å². The van der Waals surface area contributed by atoms with Gasteiger partial charge in [0, 0.05) is 19.3 Å². The molecule has 0 saturated carbocycles. The lowest BCUT2D eigenvalue weighted by Gasteiger charge is -2.18. The smallest absolute Gasteiger partial charge is 0.306 e. The van der Waals surface area contributed by atoms with Gasteiger partial charge in [-0.1, -0.05) is 293 Å². The van der Waals surface area contributed by atoms with E-state index in [4.69, 9.17) is 14.2 Å². The number of esters is 3. The molecule has 0 N–H and O–H groups in total. The fourth-order valence-corrected chi connectivity index (χ4v) is 9.16. The molecular weight excluding hydrogens is 913 g/mol. The van der Waals surface area contributed by atoms with Crippen LogP contribution in [0.25, 0.3) is 0 Å². The Kier molecular flexibility index (Phi) is 59.7. The number of allylic oxidation sites excluding steroid dienone is 12. The standard InChI is InChI=1S/C68H120O6/c1-4-7-10-13-16-18-20-22-24-25-26-27-28-29-30-31-32-33-34-35-36-37-38-39-40-41-42-43-44-46-47-49-52-55-58-61-67(70)73-64-65(63-72-66(69)60-57-54-51-15-12-9-6-3)74-68(71)62-59-56-53-50-48-45-23-21-19-17-14-11-8-5-2/h7,10,14,16-18,21-24,26-27,65H,4-6,8-9,11-13,15,19-20,25,28-64H2,1-3H3/b10-7-,17-14-,18-16-,23-21-,24-22-,27-26-. The molecule has 0 aliphatic rings. The van der Waals surface area contributed by atoms with Gasteiger partial charge in [-0.25, -0.2) is 0 Å². The van der Waals surface area contributed by atoms with Crippen molar-refractivity contribution < 1.29 is 28.6 Å². The van der Waals surface area contributed by atoms with Crippen LogP contribution in [0, 0.1) is 0 Å². The molecule has 0 amide bonds. The molecule has 1 unspecified atom stereocenters. The van der Waals surface area contributed by atoms with Crippen LogP contribution in [0.1, 0.15) is 323 Å². The number of carbonyl (C=O) groups excluding carboxylic acids is 3. The molecule has 0 spiro atoms. The molecule has 6 heteroatoms. The molecule has 0 heterocycles. The van der Waals surface area contributed by atoms with Crippen LogP contribution < -0.4 is 0 Å². The van der Waals surface area contributed by atoms with Crippen LogP contribution >= 0.6 is 0 Å². The first kappa shape index (κ1) is 70.8. The summed E-state index contributed by atoms with van der Waals surface area (Å²) < 4.78 is 16.8. The van der Waals surface area contributed by atoms with Crippen molar-refractivity contribution in [3.8, 4) is 0 Å². The van der Waals surface area contributed by atoms with Gasteiger partial charge in [0.2, 0.25) is 0 Å². The second-order valence-corrected chi connectivity index (χ2v) is 21.3. The van der Waals surface area contributed by atoms with E-state index in [9.17, 15) is 14.4 Å². The van der Waals surface area contributed by atoms with Crippen molar-refractivity contribution in [3.63, 3.8) is 0 Å². The predicted molar refractivity (Wildman–Crippen MR) is 321 cm³/mol. The number of unbranched alkanes of at least 4 members (excludes halogenated alkanes) is 35. The first-order valence-corrected chi connectivity index (χ1v) is 31.9. The third-order valence-electron chi connectivity index (χ3n) is 13.9. The second-order valence-electron chi connectivity index (χ2n) is 21.3. The molecule has 74 heavy (non-hydrogen) atoms. The van der Waals surface area contributed by atoms with Crippen molar-refractivity contribution in [1.29, 1.82) is 0 Å². The topological polar surface area (TPSA) is 78.9 Å². The van der Waals surface area contributed by atoms with Crippen molar-refractivity contribution in [2.45, 2.75) is 329 Å². The SMILES string of the molecule is CC/C=C\C/C=C\C/C=C\C/C=C\CCCCCCCCCCCCCCCCCCCCCCCCC(=O)OCC(COC(=O)CCCCCCCCC)OC(=O)CCCCCCC/C=C\C/C=C\CCCC. The average molecular weight is 1030 g/mol. The van der Waals surface area contributed by atoms with Gasteiger partial charge in [0.1, 0.15) is 13.2 Å². The van der Waals surface area contributed by atoms with Crippen molar-refractivity contribution in [2.75, 3.05) is 13.2 Å². The summed E-state index contributed by atoms with van der Waals surface area (Å²) in [4.78, 5) is 38.0. The van der Waals surface area contributed by atoms with Crippen LogP contribution in [0.3, 0.4) is 0 Å². The lowest BCUT2D eigenvalue weighted by atomic mass is 10.0. The summed E-state index contributed by atoms with van der Waals surface area (Å²) >= 11 is 0. The molecular formula is C68H120O6. The van der Waals surface area contributed by atoms with E-state index in [0.717, 1.165) is 109 Å². The predicted octanol–water partition coefficient (Wildman–Crippen LogP) is 21.7. The number of hydrogen-bond donors (Lipinski definition) is 0. The van der Waals surface area contributed by atoms with E-state index in [1.54, 1.807) is 0 Å². The summed E-state index contributed by atoms with van der Waals surface area (Å²) in [5.74, 6) is -0.884. The Balaban J connectivity index is 3.93. The highest BCUT2D eigenvalue weighted by Crippen LogP contribution is 2.17. The summed E-state index contributed by atoms with van der Waals surface area (Å²) in [6.07, 6.45) is 81.0. The van der Waals surface area contributed by atoms with Gasteiger partial charge in [-0.05, 0) is 83.5 Å². The average Bonchev–Trinajstić information content (AvgIpc) is 3.40. The second kappa shape index (κ2) is 62.4. The van der Waals surface area contributed by atoms with Crippen molar-refractivity contribution >= 4 is 17.9 Å². The zero-order valence-electron chi connectivity index (χ0n) is 49.1. The van der Waals surface area contributed by atoms with Crippen LogP contribution in [-0.4, -0.2) is 37.2 Å². The highest BCUT2D eigenvalue weighted by Gasteiger charge is 2.19. The van der Waals surface area contributed by atoms with Gasteiger partial charge in [0.25, 0.3) is 0 Å². The van der Waals surface area contributed by atoms with Crippen LogP contribution in [-0.2, 0) is 28.6 Å². The molecule has 6 nitrogen and oxygen atoms in total. The highest BCUT2D eigenvalue weighted by atomic mass is 16.6. The van der Waals surface area contributed by atoms with Crippen molar-refractivity contribution in [2.24, 2.45) is 0 Å². The quantitative estimate of drug-likeness (QED) is 0.0261. The Labute approximate surface area is 459 Å². The van der Waals surface area contributed by atoms with E-state index in [1.807, 2.05) is 0 Å². The minimum absolute atomic E-state index is 0.0762. The van der Waals surface area contributed by atoms with Gasteiger partial charge in [0.05, 0.1) is 0 Å². The van der Waals surface area contributed by atoms with Gasteiger partial charge in [0.15, 0.2) is 6.10 Å². The Morgan fingerprint density at radius 3 is 0.865 bits per heavy atom. The Morgan fingerprint density at radius 1 is 0.284 bits per heavy atom. The summed E-state index contributed by atoms with van der Waals surface area (Å²) in [6.45, 7) is 6.46. The number of hydrogen-bond acceptors (Lipinski definition) is 6. The fraction of sp³-hybridized carbons (Fsp3) is 0.779. The zero-order chi connectivity index (χ0) is 53.6. The maximum atomic E-state index is 12.8. The first-order valence-electron chi connectivity index (χ1n) is 31.9. The van der Waals surface area contributed by atoms with E-state index < -0.39 is 6.10 Å². The van der Waals surface area contributed by atoms with Crippen LogP contribution in [0.2, 0.25) is 0 Å². The molecule has 0 radical (unpaired) electrons. The normalized spacial score (nSPS) is 12.5. The fourth-order valence-electron chi connectivity index (χ4n) is 9.16. The maximum absolute atomic E-state index is 12.8. The monoisotopic (exact) mass is 1030 g/mol. The molecule has 1 atom stereocenters. The number of rotatable bonds is 58. The first-order chi connectivity index (χ1) is 36.5. The van der Waals surface area contributed by atoms with Crippen molar-refractivity contribution in [3.05, 3.63) is 72.9 Å². The third kappa shape index (κ3) is 59.7. The van der Waals surface area contributed by atoms with E-state index in [2.05, 4.69) is 93.7 Å². The van der Waals surface area contributed by atoms with Gasteiger partial charge >= 0.3 is 17.9 Å². The number of ether oxygens (including phenoxy) is 3. The Morgan fingerprint density at radius 2 is 0.541 bits per heavy atom. The van der Waals surface area contributed by atoms with Crippen LogP contribution in [0.15, 0.2) is 72.9 Å². The van der Waals surface area contributed by atoms with Crippen LogP contribution in [0.4, 0.5) is 0 Å². The van der Waals surface area contributed by atoms with Gasteiger partial charge in [-0.15, -0.1) is 0 Å². The highest BCUT2D eigenvalue weighted by molar-refractivity contribution is 5.71. The molecule has 0 aromatic rings. The largest absolute Gasteiger partial charge is 0.462 e. The molecule has 0 saturated heterocycles. The third-order valence-corrected chi connectivity index (χ3v) is 13.9. The minimum Gasteiger partial charge on any atom is -0.462 e. The molecule has 0 fully saturated rings. The van der Waals surface area contributed by atoms with E-state index in [0.29, 0.717) is 19.3 Å². The van der Waals surface area contributed by atoms with Gasteiger partial charge in [-0.3, -0.25) is 14.4 Å². The molecule has 0 aliphatic heterocycles. The number of carbonyl (C=O) groups is 3. The molecule has 0 aliphatic carbocycles. The van der Waals surface area contributed by atoms with E-state index in [-0.39, 0.29) is 31.1 Å². The molecule has 0 rings (SSSR count). The summed E-state index contributed by atoms with van der Waals surface area (Å²) in [5, 5.41) is 0. The Hall–Kier alpha value is -3.15. The molecule has 0 bridgehead atoms.